The zero-order chi connectivity index (χ0) is 15.5. The Balaban J connectivity index is 2.15. The van der Waals surface area contributed by atoms with Gasteiger partial charge in [-0.15, -0.1) is 0 Å². The van der Waals surface area contributed by atoms with Crippen LogP contribution in [0.2, 0.25) is 0 Å². The van der Waals surface area contributed by atoms with Crippen molar-refractivity contribution in [2.75, 3.05) is 6.54 Å². The van der Waals surface area contributed by atoms with Gasteiger partial charge in [-0.1, -0.05) is 19.8 Å². The maximum absolute atomic E-state index is 11.0. The molecule has 0 radical (unpaired) electrons. The Kier molecular flexibility index (Phi) is 5.44. The zero-order valence-electron chi connectivity index (χ0n) is 13.8. The Labute approximate surface area is 128 Å². The molecule has 1 heterocycles. The van der Waals surface area contributed by atoms with Crippen LogP contribution in [0.3, 0.4) is 0 Å². The molecule has 1 saturated carbocycles. The molecule has 0 saturated heterocycles. The Bertz CT molecular complexity index is 433. The third-order valence-electron chi connectivity index (χ3n) is 5.32. The molecular weight excluding hydrogens is 262 g/mol. The first-order valence-electron chi connectivity index (χ1n) is 8.44. The van der Waals surface area contributed by atoms with Crippen LogP contribution in [0.15, 0.2) is 12.5 Å². The van der Waals surface area contributed by atoms with Crippen LogP contribution in [0.25, 0.3) is 0 Å². The maximum atomic E-state index is 11.0. The molecule has 2 rings (SSSR count). The van der Waals surface area contributed by atoms with Crippen LogP contribution in [0.1, 0.15) is 77.1 Å². The van der Waals surface area contributed by atoms with Crippen LogP contribution in [0.5, 0.6) is 0 Å². The first-order chi connectivity index (χ1) is 10.0. The lowest BCUT2D eigenvalue weighted by Gasteiger charge is -2.43. The smallest absolute Gasteiger partial charge is 0.102 e. The molecule has 0 aliphatic heterocycles. The monoisotopic (exact) mass is 293 g/mol. The highest BCUT2D eigenvalue weighted by Crippen LogP contribution is 2.47. The summed E-state index contributed by atoms with van der Waals surface area (Å²) in [4.78, 5) is 4.23. The zero-order valence-corrected chi connectivity index (χ0v) is 13.8. The fourth-order valence-corrected chi connectivity index (χ4v) is 3.81. The topological polar surface area (TPSA) is 64.1 Å². The summed E-state index contributed by atoms with van der Waals surface area (Å²) in [5, 5.41) is 11.0. The van der Waals surface area contributed by atoms with Gasteiger partial charge in [0.1, 0.15) is 6.10 Å². The van der Waals surface area contributed by atoms with Crippen LogP contribution >= 0.6 is 0 Å². The average Bonchev–Trinajstić information content (AvgIpc) is 2.97. The molecular formula is C17H31N3O. The molecule has 1 aliphatic carbocycles. The Morgan fingerprint density at radius 3 is 2.62 bits per heavy atom. The van der Waals surface area contributed by atoms with E-state index in [2.05, 4.69) is 30.3 Å². The minimum Gasteiger partial charge on any atom is -0.386 e. The van der Waals surface area contributed by atoms with E-state index in [1.54, 1.807) is 6.20 Å². The number of nitrogens with zero attached hydrogens (tertiary/aromatic N) is 2. The van der Waals surface area contributed by atoms with Crippen molar-refractivity contribution in [2.24, 2.45) is 17.1 Å². The number of aliphatic hydroxyl groups is 1. The van der Waals surface area contributed by atoms with Gasteiger partial charge < -0.3 is 15.4 Å². The summed E-state index contributed by atoms with van der Waals surface area (Å²) in [6.07, 6.45) is 10.1. The van der Waals surface area contributed by atoms with Gasteiger partial charge in [0.15, 0.2) is 0 Å². The predicted octanol–water partition coefficient (Wildman–Crippen LogP) is 3.43. The molecule has 4 nitrogen and oxygen atoms in total. The maximum Gasteiger partial charge on any atom is 0.102 e. The van der Waals surface area contributed by atoms with Gasteiger partial charge in [0.05, 0.1) is 18.2 Å². The second-order valence-electron chi connectivity index (χ2n) is 7.02. The molecule has 1 aliphatic rings. The van der Waals surface area contributed by atoms with Crippen LogP contribution < -0.4 is 5.73 Å². The minimum absolute atomic E-state index is 0.170. The summed E-state index contributed by atoms with van der Waals surface area (Å²) in [5.41, 5.74) is 6.85. The summed E-state index contributed by atoms with van der Waals surface area (Å²) in [5.74, 6) is 0.817. The van der Waals surface area contributed by atoms with E-state index in [0.717, 1.165) is 24.5 Å². The van der Waals surface area contributed by atoms with E-state index >= 15 is 0 Å². The van der Waals surface area contributed by atoms with E-state index in [1.807, 2.05) is 6.33 Å². The van der Waals surface area contributed by atoms with E-state index < -0.39 is 6.10 Å². The SMILES string of the molecule is CCCC1CCC(CN)(C(O)c2cncn2C(C)C)CC1. The van der Waals surface area contributed by atoms with Crippen molar-refractivity contribution in [3.05, 3.63) is 18.2 Å². The van der Waals surface area contributed by atoms with Crippen molar-refractivity contribution in [3.63, 3.8) is 0 Å². The first-order valence-corrected chi connectivity index (χ1v) is 8.44. The normalized spacial score (nSPS) is 28.0. The summed E-state index contributed by atoms with van der Waals surface area (Å²) in [6.45, 7) is 7.04. The summed E-state index contributed by atoms with van der Waals surface area (Å²) in [7, 11) is 0. The van der Waals surface area contributed by atoms with Crippen molar-refractivity contribution in [1.29, 1.82) is 0 Å². The average molecular weight is 293 g/mol. The Morgan fingerprint density at radius 2 is 2.10 bits per heavy atom. The third kappa shape index (κ3) is 3.32. The number of aromatic nitrogens is 2. The highest BCUT2D eigenvalue weighted by Gasteiger charge is 2.42. The van der Waals surface area contributed by atoms with E-state index in [4.69, 9.17) is 5.73 Å². The number of rotatable bonds is 6. The van der Waals surface area contributed by atoms with E-state index in [9.17, 15) is 5.11 Å². The van der Waals surface area contributed by atoms with Gasteiger partial charge >= 0.3 is 0 Å². The Morgan fingerprint density at radius 1 is 1.43 bits per heavy atom. The molecule has 0 spiro atoms. The van der Waals surface area contributed by atoms with E-state index in [0.29, 0.717) is 12.6 Å². The summed E-state index contributed by atoms with van der Waals surface area (Å²) in [6, 6.07) is 0.309. The number of imidazole rings is 1. The fraction of sp³-hybridized carbons (Fsp3) is 0.824. The molecule has 120 valence electrons. The van der Waals surface area contributed by atoms with Gasteiger partial charge in [0.25, 0.3) is 0 Å². The Hall–Kier alpha value is -0.870. The van der Waals surface area contributed by atoms with Gasteiger partial charge in [-0.05, 0) is 45.4 Å². The van der Waals surface area contributed by atoms with Gasteiger partial charge in [0, 0.05) is 18.0 Å². The summed E-state index contributed by atoms with van der Waals surface area (Å²) < 4.78 is 2.07. The van der Waals surface area contributed by atoms with Crippen molar-refractivity contribution in [2.45, 2.75) is 71.4 Å². The first kappa shape index (κ1) is 16.5. The highest BCUT2D eigenvalue weighted by molar-refractivity contribution is 5.10. The predicted molar refractivity (Wildman–Crippen MR) is 85.9 cm³/mol. The molecule has 0 aromatic carbocycles. The van der Waals surface area contributed by atoms with Crippen molar-refractivity contribution in [3.8, 4) is 0 Å². The molecule has 1 aromatic heterocycles. The largest absolute Gasteiger partial charge is 0.386 e. The lowest BCUT2D eigenvalue weighted by Crippen LogP contribution is -2.41. The van der Waals surface area contributed by atoms with Crippen molar-refractivity contribution < 1.29 is 5.11 Å². The number of hydrogen-bond acceptors (Lipinski definition) is 3. The fourth-order valence-electron chi connectivity index (χ4n) is 3.81. The molecule has 0 amide bonds. The van der Waals surface area contributed by atoms with Crippen molar-refractivity contribution in [1.82, 2.24) is 9.55 Å². The quantitative estimate of drug-likeness (QED) is 0.844. The highest BCUT2D eigenvalue weighted by atomic mass is 16.3. The minimum atomic E-state index is -0.505. The van der Waals surface area contributed by atoms with E-state index in [-0.39, 0.29) is 5.41 Å². The molecule has 3 N–H and O–H groups in total. The number of nitrogens with two attached hydrogens (primary N) is 1. The lowest BCUT2D eigenvalue weighted by molar-refractivity contribution is -0.0159. The van der Waals surface area contributed by atoms with Gasteiger partial charge in [0.2, 0.25) is 0 Å². The van der Waals surface area contributed by atoms with Gasteiger partial charge in [-0.25, -0.2) is 4.98 Å². The van der Waals surface area contributed by atoms with Crippen LogP contribution in [-0.4, -0.2) is 21.2 Å². The third-order valence-corrected chi connectivity index (χ3v) is 5.32. The molecule has 1 unspecified atom stereocenters. The van der Waals surface area contributed by atoms with Crippen molar-refractivity contribution >= 4 is 0 Å². The molecule has 1 fully saturated rings. The van der Waals surface area contributed by atoms with E-state index in [1.165, 1.54) is 25.7 Å². The number of aliphatic hydroxyl groups excluding tert-OH is 1. The van der Waals surface area contributed by atoms with Crippen LogP contribution in [0.4, 0.5) is 0 Å². The lowest BCUT2D eigenvalue weighted by atomic mass is 9.66. The second-order valence-corrected chi connectivity index (χ2v) is 7.02. The molecule has 21 heavy (non-hydrogen) atoms. The molecule has 1 aromatic rings. The number of hydrogen-bond donors (Lipinski definition) is 2. The molecule has 4 heteroatoms. The van der Waals surface area contributed by atoms with Crippen LogP contribution in [-0.2, 0) is 0 Å². The second kappa shape index (κ2) is 6.93. The summed E-state index contributed by atoms with van der Waals surface area (Å²) >= 11 is 0. The standard InChI is InChI=1S/C17H31N3O/c1-4-5-14-6-8-17(11-18,9-7-14)16(21)15-10-19-12-20(15)13(2)3/h10,12-14,16,21H,4-9,11,18H2,1-3H3. The van der Waals surface area contributed by atoms with Gasteiger partial charge in [-0.3, -0.25) is 0 Å². The van der Waals surface area contributed by atoms with Crippen LogP contribution in [0, 0.1) is 11.3 Å². The van der Waals surface area contributed by atoms with Gasteiger partial charge in [-0.2, -0.15) is 0 Å². The molecule has 1 atom stereocenters. The molecule has 0 bridgehead atoms.